The van der Waals surface area contributed by atoms with Crippen molar-refractivity contribution in [3.63, 3.8) is 0 Å². The Morgan fingerprint density at radius 1 is 1.00 bits per heavy atom. The van der Waals surface area contributed by atoms with Gasteiger partial charge in [-0.05, 0) is 25.8 Å². The van der Waals surface area contributed by atoms with Crippen molar-refractivity contribution < 1.29 is 0 Å². The van der Waals surface area contributed by atoms with Gasteiger partial charge in [0.1, 0.15) is 0 Å². The average Bonchev–Trinajstić information content (AvgIpc) is 2.33. The van der Waals surface area contributed by atoms with Crippen molar-refractivity contribution in [2.45, 2.75) is 59.9 Å². The van der Waals surface area contributed by atoms with Crippen LogP contribution in [0.4, 0.5) is 0 Å². The highest BCUT2D eigenvalue weighted by Gasteiger charge is 2.09. The number of rotatable bonds is 10. The summed E-state index contributed by atoms with van der Waals surface area (Å²) in [7, 11) is 0. The van der Waals surface area contributed by atoms with Crippen LogP contribution in [0.1, 0.15) is 53.9 Å². The van der Waals surface area contributed by atoms with Gasteiger partial charge in [-0.3, -0.25) is 0 Å². The molecule has 0 saturated heterocycles. The van der Waals surface area contributed by atoms with E-state index in [4.69, 9.17) is 0 Å². The van der Waals surface area contributed by atoms with Crippen molar-refractivity contribution in [1.82, 2.24) is 10.2 Å². The third kappa shape index (κ3) is 7.24. The predicted molar refractivity (Wildman–Crippen MR) is 73.9 cm³/mol. The van der Waals surface area contributed by atoms with Crippen LogP contribution in [0, 0.1) is 5.92 Å². The van der Waals surface area contributed by atoms with Crippen LogP contribution in [0.5, 0.6) is 0 Å². The molecule has 0 amide bonds. The largest absolute Gasteiger partial charge is 0.313 e. The maximum Gasteiger partial charge on any atom is 0.0107 e. The molecule has 0 aliphatic carbocycles. The molecule has 0 spiro atoms. The summed E-state index contributed by atoms with van der Waals surface area (Å²) in [5, 5.41) is 3.56. The molecule has 0 aliphatic rings. The Labute approximate surface area is 103 Å². The summed E-state index contributed by atoms with van der Waals surface area (Å²) in [5.74, 6) is 0.878. The zero-order valence-electron chi connectivity index (χ0n) is 12.1. The highest BCUT2D eigenvalue weighted by molar-refractivity contribution is 4.65. The van der Waals surface area contributed by atoms with E-state index in [1.54, 1.807) is 0 Å². The van der Waals surface area contributed by atoms with Crippen molar-refractivity contribution in [1.29, 1.82) is 0 Å². The first kappa shape index (κ1) is 15.9. The molecule has 2 nitrogen and oxygen atoms in total. The lowest BCUT2D eigenvalue weighted by Gasteiger charge is -2.25. The SMILES string of the molecule is CCC(CC)CN(CC)CCNC(C)CC. The summed E-state index contributed by atoms with van der Waals surface area (Å²) in [6.45, 7) is 16.1. The fraction of sp³-hybridized carbons (Fsp3) is 1.00. The highest BCUT2D eigenvalue weighted by Crippen LogP contribution is 2.09. The number of likely N-dealkylation sites (N-methyl/N-ethyl adjacent to an activating group) is 1. The van der Waals surface area contributed by atoms with Crippen LogP contribution in [0.25, 0.3) is 0 Å². The maximum atomic E-state index is 3.56. The summed E-state index contributed by atoms with van der Waals surface area (Å²) in [6.07, 6.45) is 3.84. The standard InChI is InChI=1S/C14H32N2/c1-6-13(5)15-10-11-16(9-4)12-14(7-2)8-3/h13-15H,6-12H2,1-5H3. The molecule has 0 heterocycles. The summed E-state index contributed by atoms with van der Waals surface area (Å²) in [6, 6.07) is 0.659. The molecule has 0 fully saturated rings. The van der Waals surface area contributed by atoms with Crippen LogP contribution in [-0.4, -0.2) is 37.1 Å². The van der Waals surface area contributed by atoms with Gasteiger partial charge < -0.3 is 10.2 Å². The van der Waals surface area contributed by atoms with E-state index >= 15 is 0 Å². The smallest absolute Gasteiger partial charge is 0.0107 e. The number of nitrogens with one attached hydrogen (secondary N) is 1. The third-order valence-corrected chi connectivity index (χ3v) is 3.65. The molecule has 16 heavy (non-hydrogen) atoms. The molecule has 0 aromatic carbocycles. The van der Waals surface area contributed by atoms with Crippen LogP contribution >= 0.6 is 0 Å². The maximum absolute atomic E-state index is 3.56. The predicted octanol–water partition coefficient (Wildman–Crippen LogP) is 3.13. The van der Waals surface area contributed by atoms with E-state index in [-0.39, 0.29) is 0 Å². The summed E-state index contributed by atoms with van der Waals surface area (Å²) in [5.41, 5.74) is 0. The minimum Gasteiger partial charge on any atom is -0.313 e. The van der Waals surface area contributed by atoms with Gasteiger partial charge in [-0.2, -0.15) is 0 Å². The first-order valence-electron chi connectivity index (χ1n) is 7.13. The molecule has 1 N–H and O–H groups in total. The van der Waals surface area contributed by atoms with Crippen LogP contribution in [0.15, 0.2) is 0 Å². The lowest BCUT2D eigenvalue weighted by molar-refractivity contribution is 0.231. The van der Waals surface area contributed by atoms with Gasteiger partial charge in [0, 0.05) is 25.7 Å². The van der Waals surface area contributed by atoms with E-state index in [1.165, 1.54) is 38.9 Å². The Balaban J connectivity index is 3.73. The second-order valence-electron chi connectivity index (χ2n) is 4.84. The topological polar surface area (TPSA) is 15.3 Å². The molecule has 0 rings (SSSR count). The van der Waals surface area contributed by atoms with Crippen molar-refractivity contribution in [3.8, 4) is 0 Å². The fourth-order valence-electron chi connectivity index (χ4n) is 1.90. The second-order valence-corrected chi connectivity index (χ2v) is 4.84. The van der Waals surface area contributed by atoms with E-state index in [9.17, 15) is 0 Å². The Hall–Kier alpha value is -0.0800. The minimum atomic E-state index is 0.659. The molecule has 0 radical (unpaired) electrons. The zero-order valence-corrected chi connectivity index (χ0v) is 12.1. The van der Waals surface area contributed by atoms with Crippen LogP contribution in [-0.2, 0) is 0 Å². The van der Waals surface area contributed by atoms with Crippen LogP contribution < -0.4 is 5.32 Å². The monoisotopic (exact) mass is 228 g/mol. The Bertz CT molecular complexity index is 144. The Morgan fingerprint density at radius 2 is 1.62 bits per heavy atom. The molecule has 1 atom stereocenters. The molecule has 0 aromatic heterocycles. The first-order valence-corrected chi connectivity index (χ1v) is 7.13. The number of hydrogen-bond acceptors (Lipinski definition) is 2. The van der Waals surface area contributed by atoms with Gasteiger partial charge >= 0.3 is 0 Å². The van der Waals surface area contributed by atoms with Crippen LogP contribution in [0.2, 0.25) is 0 Å². The quantitative estimate of drug-likeness (QED) is 0.618. The van der Waals surface area contributed by atoms with Gasteiger partial charge in [-0.25, -0.2) is 0 Å². The van der Waals surface area contributed by atoms with Crippen molar-refractivity contribution in [3.05, 3.63) is 0 Å². The average molecular weight is 228 g/mol. The Morgan fingerprint density at radius 3 is 2.06 bits per heavy atom. The van der Waals surface area contributed by atoms with Gasteiger partial charge in [0.15, 0.2) is 0 Å². The number of hydrogen-bond donors (Lipinski definition) is 1. The molecule has 2 heteroatoms. The second kappa shape index (κ2) is 10.1. The molecule has 0 aliphatic heterocycles. The van der Waals surface area contributed by atoms with Gasteiger partial charge in [-0.1, -0.05) is 40.5 Å². The van der Waals surface area contributed by atoms with E-state index < -0.39 is 0 Å². The van der Waals surface area contributed by atoms with Gasteiger partial charge in [0.05, 0.1) is 0 Å². The molecular formula is C14H32N2. The molecule has 0 bridgehead atoms. The fourth-order valence-corrected chi connectivity index (χ4v) is 1.90. The van der Waals surface area contributed by atoms with Crippen molar-refractivity contribution in [2.75, 3.05) is 26.2 Å². The van der Waals surface area contributed by atoms with E-state index in [0.717, 1.165) is 12.5 Å². The molecule has 0 saturated carbocycles. The summed E-state index contributed by atoms with van der Waals surface area (Å²) >= 11 is 0. The van der Waals surface area contributed by atoms with E-state index in [1.807, 2.05) is 0 Å². The van der Waals surface area contributed by atoms with E-state index in [0.29, 0.717) is 6.04 Å². The molecule has 0 aromatic rings. The minimum absolute atomic E-state index is 0.659. The molecular weight excluding hydrogens is 196 g/mol. The lowest BCUT2D eigenvalue weighted by atomic mass is 10.0. The molecule has 98 valence electrons. The third-order valence-electron chi connectivity index (χ3n) is 3.65. The Kier molecular flexibility index (Phi) is 10.0. The van der Waals surface area contributed by atoms with Gasteiger partial charge in [0.25, 0.3) is 0 Å². The summed E-state index contributed by atoms with van der Waals surface area (Å²) < 4.78 is 0. The normalized spacial score (nSPS) is 13.7. The van der Waals surface area contributed by atoms with E-state index in [2.05, 4.69) is 44.8 Å². The molecule has 1 unspecified atom stereocenters. The summed E-state index contributed by atoms with van der Waals surface area (Å²) in [4.78, 5) is 2.58. The van der Waals surface area contributed by atoms with Crippen LogP contribution in [0.3, 0.4) is 0 Å². The zero-order chi connectivity index (χ0) is 12.4. The number of nitrogens with zero attached hydrogens (tertiary/aromatic N) is 1. The van der Waals surface area contributed by atoms with Gasteiger partial charge in [-0.15, -0.1) is 0 Å². The van der Waals surface area contributed by atoms with Crippen molar-refractivity contribution >= 4 is 0 Å². The lowest BCUT2D eigenvalue weighted by Crippen LogP contribution is -2.37. The van der Waals surface area contributed by atoms with Gasteiger partial charge in [0.2, 0.25) is 0 Å². The first-order chi connectivity index (χ1) is 7.67. The van der Waals surface area contributed by atoms with Crippen molar-refractivity contribution in [2.24, 2.45) is 5.92 Å². The highest BCUT2D eigenvalue weighted by atomic mass is 15.1.